The van der Waals surface area contributed by atoms with E-state index in [-0.39, 0.29) is 11.7 Å². The largest absolute Gasteiger partial charge is 0.508 e. The van der Waals surface area contributed by atoms with Gasteiger partial charge in [0.05, 0.1) is 5.57 Å². The predicted octanol–water partition coefficient (Wildman–Crippen LogP) is 4.32. The molecule has 1 N–H and O–H groups in total. The van der Waals surface area contributed by atoms with Crippen LogP contribution in [0.2, 0.25) is 0 Å². The molecule has 4 heteroatoms. The first-order valence-corrected chi connectivity index (χ1v) is 9.57. The molecule has 1 atom stereocenters. The number of rotatable bonds is 6. The monoisotopic (exact) mass is 356 g/mol. The maximum Gasteiger partial charge on any atom is 0.255 e. The first-order chi connectivity index (χ1) is 12.4. The number of benzene rings is 1. The van der Waals surface area contributed by atoms with E-state index >= 15 is 0 Å². The van der Waals surface area contributed by atoms with Gasteiger partial charge in [-0.25, -0.2) is 0 Å². The van der Waals surface area contributed by atoms with Crippen LogP contribution in [0.4, 0.5) is 0 Å². The molecule has 0 fully saturated rings. The van der Waals surface area contributed by atoms with Crippen LogP contribution in [0.5, 0.6) is 5.75 Å². The lowest BCUT2D eigenvalue weighted by Crippen LogP contribution is -2.33. The van der Waals surface area contributed by atoms with Gasteiger partial charge in [-0.1, -0.05) is 38.5 Å². The van der Waals surface area contributed by atoms with E-state index in [9.17, 15) is 9.90 Å². The van der Waals surface area contributed by atoms with Crippen molar-refractivity contribution in [2.75, 3.05) is 20.1 Å². The summed E-state index contributed by atoms with van der Waals surface area (Å²) >= 11 is 0. The van der Waals surface area contributed by atoms with Crippen LogP contribution in [-0.4, -0.2) is 41.0 Å². The Morgan fingerprint density at radius 2 is 1.88 bits per heavy atom. The second-order valence-electron chi connectivity index (χ2n) is 7.27. The first-order valence-electron chi connectivity index (χ1n) is 9.57. The second kappa shape index (κ2) is 8.93. The number of likely N-dealkylation sites (N-methyl/N-ethyl adjacent to an activating group) is 1. The fraction of sp³-hybridized carbons (Fsp3) is 0.500. The van der Waals surface area contributed by atoms with Crippen molar-refractivity contribution in [3.05, 3.63) is 52.7 Å². The van der Waals surface area contributed by atoms with E-state index in [1.54, 1.807) is 12.1 Å². The van der Waals surface area contributed by atoms with Crippen molar-refractivity contribution in [2.24, 2.45) is 5.92 Å². The van der Waals surface area contributed by atoms with Gasteiger partial charge >= 0.3 is 0 Å². The molecular formula is C22H32N2O2. The Morgan fingerprint density at radius 1 is 1.23 bits per heavy atom. The summed E-state index contributed by atoms with van der Waals surface area (Å²) in [6.45, 7) is 10.7. The van der Waals surface area contributed by atoms with E-state index in [4.69, 9.17) is 0 Å². The summed E-state index contributed by atoms with van der Waals surface area (Å²) in [5.74, 6) is 0.691. The van der Waals surface area contributed by atoms with E-state index in [1.807, 2.05) is 17.0 Å². The summed E-state index contributed by atoms with van der Waals surface area (Å²) in [6.07, 6.45) is 4.02. The normalized spacial score (nSPS) is 17.6. The predicted molar refractivity (Wildman–Crippen MR) is 107 cm³/mol. The fourth-order valence-electron chi connectivity index (χ4n) is 3.27. The molecule has 142 valence electrons. The van der Waals surface area contributed by atoms with E-state index in [1.165, 1.54) is 5.57 Å². The summed E-state index contributed by atoms with van der Waals surface area (Å²) in [4.78, 5) is 17.6. The van der Waals surface area contributed by atoms with Gasteiger partial charge in [-0.05, 0) is 49.5 Å². The van der Waals surface area contributed by atoms with Gasteiger partial charge in [-0.15, -0.1) is 0 Å². The third-order valence-electron chi connectivity index (χ3n) is 5.25. The highest BCUT2D eigenvalue weighted by atomic mass is 16.3. The second-order valence-corrected chi connectivity index (χ2v) is 7.27. The maximum atomic E-state index is 13.4. The van der Waals surface area contributed by atoms with Crippen molar-refractivity contribution in [1.29, 1.82) is 0 Å². The van der Waals surface area contributed by atoms with Gasteiger partial charge in [0, 0.05) is 32.4 Å². The lowest BCUT2D eigenvalue weighted by molar-refractivity contribution is -0.127. The molecule has 0 spiro atoms. The molecule has 1 unspecified atom stereocenters. The Morgan fingerprint density at radius 3 is 2.46 bits per heavy atom. The summed E-state index contributed by atoms with van der Waals surface area (Å²) in [6, 6.07) is 7.10. The van der Waals surface area contributed by atoms with E-state index in [0.717, 1.165) is 36.2 Å². The number of hydrogen-bond acceptors (Lipinski definition) is 3. The molecule has 1 aliphatic rings. The SMILES string of the molecule is CC/C(C)=C\C1=C(C(C)CC)N(C)CCN(Cc2ccc(O)cc2)C1=O. The molecule has 1 aliphatic heterocycles. The van der Waals surface area contributed by atoms with Gasteiger partial charge in [0.15, 0.2) is 0 Å². The zero-order chi connectivity index (χ0) is 19.3. The number of carbonyl (C=O) groups excluding carboxylic acids is 1. The summed E-state index contributed by atoms with van der Waals surface area (Å²) < 4.78 is 0. The molecule has 26 heavy (non-hydrogen) atoms. The highest BCUT2D eigenvalue weighted by molar-refractivity contribution is 5.97. The quantitative estimate of drug-likeness (QED) is 0.825. The van der Waals surface area contributed by atoms with Gasteiger partial charge in [0.2, 0.25) is 0 Å². The molecule has 0 saturated heterocycles. The van der Waals surface area contributed by atoms with Crippen molar-refractivity contribution in [1.82, 2.24) is 9.80 Å². The maximum absolute atomic E-state index is 13.4. The van der Waals surface area contributed by atoms with Crippen LogP contribution in [0.1, 0.15) is 46.1 Å². The minimum absolute atomic E-state index is 0.102. The van der Waals surface area contributed by atoms with Crippen LogP contribution in [-0.2, 0) is 11.3 Å². The molecule has 4 nitrogen and oxygen atoms in total. The minimum Gasteiger partial charge on any atom is -0.508 e. The number of phenols is 1. The molecule has 0 aliphatic carbocycles. The molecule has 0 bridgehead atoms. The minimum atomic E-state index is 0.102. The van der Waals surface area contributed by atoms with E-state index in [2.05, 4.69) is 45.7 Å². The Balaban J connectivity index is 2.42. The highest BCUT2D eigenvalue weighted by Crippen LogP contribution is 2.28. The number of nitrogens with zero attached hydrogens (tertiary/aromatic N) is 2. The Hall–Kier alpha value is -2.23. The first kappa shape index (κ1) is 20.1. The fourth-order valence-corrected chi connectivity index (χ4v) is 3.27. The van der Waals surface area contributed by atoms with Gasteiger partial charge in [-0.2, -0.15) is 0 Å². The van der Waals surface area contributed by atoms with Gasteiger partial charge in [0.25, 0.3) is 5.91 Å². The van der Waals surface area contributed by atoms with Gasteiger partial charge in [0.1, 0.15) is 5.75 Å². The van der Waals surface area contributed by atoms with Crippen molar-refractivity contribution in [2.45, 2.75) is 47.1 Å². The van der Waals surface area contributed by atoms with Crippen LogP contribution in [0.25, 0.3) is 0 Å². The number of aromatic hydroxyl groups is 1. The van der Waals surface area contributed by atoms with Crippen LogP contribution >= 0.6 is 0 Å². The Kier molecular flexibility index (Phi) is 6.90. The standard InChI is InChI=1S/C22H32N2O2/c1-6-16(3)14-20-21(17(4)7-2)23(5)12-13-24(22(20)26)15-18-8-10-19(25)11-9-18/h8-11,14,17,25H,6-7,12-13,15H2,1-5H3/b16-14-. The highest BCUT2D eigenvalue weighted by Gasteiger charge is 2.28. The molecule has 0 radical (unpaired) electrons. The summed E-state index contributed by atoms with van der Waals surface area (Å²) in [7, 11) is 2.09. The third-order valence-corrected chi connectivity index (χ3v) is 5.25. The van der Waals surface area contributed by atoms with Crippen LogP contribution in [0.3, 0.4) is 0 Å². The summed E-state index contributed by atoms with van der Waals surface area (Å²) in [5.41, 5.74) is 4.23. The van der Waals surface area contributed by atoms with E-state index < -0.39 is 0 Å². The van der Waals surface area contributed by atoms with Gasteiger partial charge in [-0.3, -0.25) is 4.79 Å². The van der Waals surface area contributed by atoms with Crippen LogP contribution in [0, 0.1) is 5.92 Å². The van der Waals surface area contributed by atoms with Crippen molar-refractivity contribution < 1.29 is 9.90 Å². The Labute approximate surface area is 157 Å². The molecule has 1 aromatic carbocycles. The molecular weight excluding hydrogens is 324 g/mol. The van der Waals surface area contributed by atoms with Crippen molar-refractivity contribution >= 4 is 5.91 Å². The average Bonchev–Trinajstić information content (AvgIpc) is 2.74. The van der Waals surface area contributed by atoms with Crippen LogP contribution in [0.15, 0.2) is 47.2 Å². The zero-order valence-corrected chi connectivity index (χ0v) is 16.7. The van der Waals surface area contributed by atoms with Crippen LogP contribution < -0.4 is 0 Å². The molecule has 1 amide bonds. The van der Waals surface area contributed by atoms with Crippen molar-refractivity contribution in [3.63, 3.8) is 0 Å². The van der Waals surface area contributed by atoms with E-state index in [0.29, 0.717) is 19.0 Å². The molecule has 1 heterocycles. The number of phenolic OH excluding ortho intramolecular Hbond substituents is 1. The number of carbonyl (C=O) groups is 1. The van der Waals surface area contributed by atoms with Crippen molar-refractivity contribution in [3.8, 4) is 5.75 Å². The molecule has 1 aromatic rings. The molecule has 0 aromatic heterocycles. The molecule has 2 rings (SSSR count). The smallest absolute Gasteiger partial charge is 0.255 e. The topological polar surface area (TPSA) is 43.8 Å². The Bertz CT molecular complexity index is 689. The lowest BCUT2D eigenvalue weighted by atomic mass is 9.96. The zero-order valence-electron chi connectivity index (χ0n) is 16.7. The molecule has 0 saturated carbocycles. The average molecular weight is 357 g/mol. The number of amides is 1. The number of allylic oxidation sites excluding steroid dienone is 2. The third kappa shape index (κ3) is 4.69. The summed E-state index contributed by atoms with van der Waals surface area (Å²) in [5, 5.41) is 9.48. The van der Waals surface area contributed by atoms with Gasteiger partial charge < -0.3 is 14.9 Å². The number of hydrogen-bond donors (Lipinski definition) is 1. The lowest BCUT2D eigenvalue weighted by Gasteiger charge is -2.26.